The molecule has 2 aromatic rings. The predicted octanol–water partition coefficient (Wildman–Crippen LogP) is 1.89. The topological polar surface area (TPSA) is 55.9 Å². The number of aromatic nitrogens is 2. The molecule has 0 amide bonds. The fourth-order valence-electron chi connectivity index (χ4n) is 1.55. The Kier molecular flexibility index (Phi) is 3.10. The molecule has 84 valence electrons. The van der Waals surface area contributed by atoms with Crippen molar-refractivity contribution in [2.24, 2.45) is 0 Å². The molecule has 16 heavy (non-hydrogen) atoms. The monoisotopic (exact) mass is 216 g/mol. The summed E-state index contributed by atoms with van der Waals surface area (Å²) in [6.07, 6.45) is 3.88. The van der Waals surface area contributed by atoms with E-state index in [1.807, 2.05) is 48.3 Å². The first-order valence-corrected chi connectivity index (χ1v) is 5.33. The molecule has 0 aliphatic carbocycles. The number of nitrogen functional groups attached to an aromatic ring is 1. The Balaban J connectivity index is 1.87. The van der Waals surface area contributed by atoms with E-state index in [0.29, 0.717) is 0 Å². The van der Waals surface area contributed by atoms with Gasteiger partial charge in [-0.05, 0) is 24.6 Å². The second kappa shape index (κ2) is 4.70. The van der Waals surface area contributed by atoms with E-state index in [1.54, 1.807) is 0 Å². The average Bonchev–Trinajstić information content (AvgIpc) is 2.67. The van der Waals surface area contributed by atoms with Gasteiger partial charge in [0.2, 0.25) is 0 Å². The lowest BCUT2D eigenvalue weighted by molar-refractivity contribution is 0.637. The second-order valence-corrected chi connectivity index (χ2v) is 3.79. The van der Waals surface area contributed by atoms with Crippen molar-refractivity contribution in [3.05, 3.63) is 42.2 Å². The van der Waals surface area contributed by atoms with Gasteiger partial charge in [-0.15, -0.1) is 0 Å². The maximum absolute atomic E-state index is 5.82. The summed E-state index contributed by atoms with van der Waals surface area (Å²) >= 11 is 0. The van der Waals surface area contributed by atoms with Crippen molar-refractivity contribution in [1.82, 2.24) is 9.78 Å². The lowest BCUT2D eigenvalue weighted by atomic mass is 10.3. The van der Waals surface area contributed by atoms with Crippen LogP contribution in [0.5, 0.6) is 0 Å². The Labute approximate surface area is 95.1 Å². The average molecular weight is 216 g/mol. The number of para-hydroxylation sites is 2. The summed E-state index contributed by atoms with van der Waals surface area (Å²) in [6.45, 7) is 3.68. The van der Waals surface area contributed by atoms with Crippen LogP contribution in [0.4, 0.5) is 11.4 Å². The lowest BCUT2D eigenvalue weighted by Crippen LogP contribution is -2.11. The van der Waals surface area contributed by atoms with Gasteiger partial charge in [0.05, 0.1) is 24.1 Å². The van der Waals surface area contributed by atoms with Gasteiger partial charge in [0, 0.05) is 12.7 Å². The van der Waals surface area contributed by atoms with E-state index in [9.17, 15) is 0 Å². The highest BCUT2D eigenvalue weighted by Gasteiger charge is 1.97. The molecule has 4 heteroatoms. The van der Waals surface area contributed by atoms with Crippen molar-refractivity contribution in [2.75, 3.05) is 17.6 Å². The highest BCUT2D eigenvalue weighted by molar-refractivity contribution is 5.65. The third-order valence-corrected chi connectivity index (χ3v) is 2.38. The Morgan fingerprint density at radius 2 is 2.19 bits per heavy atom. The molecule has 0 saturated heterocycles. The highest BCUT2D eigenvalue weighted by atomic mass is 15.3. The molecule has 1 aromatic carbocycles. The van der Waals surface area contributed by atoms with Crippen LogP contribution < -0.4 is 11.1 Å². The van der Waals surface area contributed by atoms with Gasteiger partial charge < -0.3 is 11.1 Å². The van der Waals surface area contributed by atoms with E-state index in [-0.39, 0.29) is 0 Å². The van der Waals surface area contributed by atoms with Gasteiger partial charge in [0.25, 0.3) is 0 Å². The molecular formula is C12H16N4. The third-order valence-electron chi connectivity index (χ3n) is 2.38. The van der Waals surface area contributed by atoms with Crippen LogP contribution in [0.15, 0.2) is 36.7 Å². The van der Waals surface area contributed by atoms with Gasteiger partial charge in [-0.2, -0.15) is 5.10 Å². The molecule has 0 unspecified atom stereocenters. The van der Waals surface area contributed by atoms with Crippen LogP contribution in [0.1, 0.15) is 5.56 Å². The largest absolute Gasteiger partial charge is 0.397 e. The van der Waals surface area contributed by atoms with Gasteiger partial charge in [0.1, 0.15) is 0 Å². The van der Waals surface area contributed by atoms with Crippen molar-refractivity contribution in [3.63, 3.8) is 0 Å². The maximum atomic E-state index is 5.82. The van der Waals surface area contributed by atoms with E-state index in [0.717, 1.165) is 24.5 Å². The van der Waals surface area contributed by atoms with Gasteiger partial charge >= 0.3 is 0 Å². The van der Waals surface area contributed by atoms with Gasteiger partial charge in [-0.3, -0.25) is 4.68 Å². The van der Waals surface area contributed by atoms with Crippen molar-refractivity contribution in [1.29, 1.82) is 0 Å². The molecule has 3 N–H and O–H groups in total. The standard InChI is InChI=1S/C12H16N4/c1-10-8-15-16(9-10)7-6-14-12-5-3-2-4-11(12)13/h2-5,8-9,14H,6-7,13H2,1H3. The van der Waals surface area contributed by atoms with Crippen molar-refractivity contribution in [3.8, 4) is 0 Å². The van der Waals surface area contributed by atoms with Crippen molar-refractivity contribution >= 4 is 11.4 Å². The van der Waals surface area contributed by atoms with E-state index >= 15 is 0 Å². The first kappa shape index (κ1) is 10.5. The molecule has 0 aliphatic rings. The second-order valence-electron chi connectivity index (χ2n) is 3.79. The molecule has 1 aromatic heterocycles. The summed E-state index contributed by atoms with van der Waals surface area (Å²) in [6, 6.07) is 7.76. The van der Waals surface area contributed by atoms with Crippen LogP contribution in [0.3, 0.4) is 0 Å². The minimum absolute atomic E-state index is 0.777. The quantitative estimate of drug-likeness (QED) is 0.767. The number of nitrogens with zero attached hydrogens (tertiary/aromatic N) is 2. The normalized spacial score (nSPS) is 10.3. The Morgan fingerprint density at radius 1 is 1.38 bits per heavy atom. The van der Waals surface area contributed by atoms with Gasteiger partial charge in [-0.25, -0.2) is 0 Å². The number of rotatable bonds is 4. The molecule has 4 nitrogen and oxygen atoms in total. The Hall–Kier alpha value is -1.97. The molecule has 2 rings (SSSR count). The van der Waals surface area contributed by atoms with Crippen molar-refractivity contribution < 1.29 is 0 Å². The molecule has 0 aliphatic heterocycles. The molecular weight excluding hydrogens is 200 g/mol. The summed E-state index contributed by atoms with van der Waals surface area (Å²) in [5.74, 6) is 0. The summed E-state index contributed by atoms with van der Waals surface area (Å²) in [5, 5.41) is 7.50. The lowest BCUT2D eigenvalue weighted by Gasteiger charge is -2.08. The van der Waals surface area contributed by atoms with E-state index < -0.39 is 0 Å². The molecule has 0 atom stereocenters. The van der Waals surface area contributed by atoms with Crippen LogP contribution in [0, 0.1) is 6.92 Å². The molecule has 0 fully saturated rings. The minimum atomic E-state index is 0.777. The predicted molar refractivity (Wildman–Crippen MR) is 66.3 cm³/mol. The highest BCUT2D eigenvalue weighted by Crippen LogP contribution is 2.15. The summed E-state index contributed by atoms with van der Waals surface area (Å²) < 4.78 is 1.92. The van der Waals surface area contributed by atoms with Crippen molar-refractivity contribution in [2.45, 2.75) is 13.5 Å². The molecule has 0 saturated carbocycles. The number of hydrogen-bond donors (Lipinski definition) is 2. The number of aryl methyl sites for hydroxylation is 1. The first-order valence-electron chi connectivity index (χ1n) is 5.33. The minimum Gasteiger partial charge on any atom is -0.397 e. The van der Waals surface area contributed by atoms with Crippen LogP contribution in [0.25, 0.3) is 0 Å². The zero-order chi connectivity index (χ0) is 11.4. The first-order chi connectivity index (χ1) is 7.75. The summed E-state index contributed by atoms with van der Waals surface area (Å²) in [7, 11) is 0. The van der Waals surface area contributed by atoms with E-state index in [1.165, 1.54) is 5.56 Å². The van der Waals surface area contributed by atoms with E-state index in [2.05, 4.69) is 10.4 Å². The molecule has 0 bridgehead atoms. The van der Waals surface area contributed by atoms with Gasteiger partial charge in [0.15, 0.2) is 0 Å². The number of nitrogens with two attached hydrogens (primary N) is 1. The summed E-state index contributed by atoms with van der Waals surface area (Å²) in [5.41, 5.74) is 8.75. The molecule has 0 radical (unpaired) electrons. The van der Waals surface area contributed by atoms with Crippen LogP contribution >= 0.6 is 0 Å². The zero-order valence-corrected chi connectivity index (χ0v) is 9.35. The SMILES string of the molecule is Cc1cnn(CCNc2ccccc2N)c1. The number of benzene rings is 1. The fraction of sp³-hybridized carbons (Fsp3) is 0.250. The Bertz CT molecular complexity index is 462. The maximum Gasteiger partial charge on any atom is 0.0582 e. The molecule has 1 heterocycles. The number of anilines is 2. The third kappa shape index (κ3) is 2.53. The number of hydrogen-bond acceptors (Lipinski definition) is 3. The zero-order valence-electron chi connectivity index (χ0n) is 9.35. The molecule has 0 spiro atoms. The van der Waals surface area contributed by atoms with Crippen LogP contribution in [0.2, 0.25) is 0 Å². The smallest absolute Gasteiger partial charge is 0.0582 e. The number of nitrogens with one attached hydrogen (secondary N) is 1. The summed E-state index contributed by atoms with van der Waals surface area (Å²) in [4.78, 5) is 0. The fourth-order valence-corrected chi connectivity index (χ4v) is 1.55. The van der Waals surface area contributed by atoms with Crippen LogP contribution in [-0.4, -0.2) is 16.3 Å². The Morgan fingerprint density at radius 3 is 2.88 bits per heavy atom. The van der Waals surface area contributed by atoms with Gasteiger partial charge in [-0.1, -0.05) is 12.1 Å². The van der Waals surface area contributed by atoms with Crippen LogP contribution in [-0.2, 0) is 6.54 Å². The van der Waals surface area contributed by atoms with E-state index in [4.69, 9.17) is 5.73 Å².